The van der Waals surface area contributed by atoms with E-state index < -0.39 is 0 Å². The Kier molecular flexibility index (Phi) is 6.98. The fraction of sp³-hybridized carbons (Fsp3) is 0.562. The highest BCUT2D eigenvalue weighted by atomic mass is 35.5. The van der Waals surface area contributed by atoms with E-state index in [1.807, 2.05) is 4.90 Å². The maximum absolute atomic E-state index is 12.6. The van der Waals surface area contributed by atoms with Crippen LogP contribution in [-0.2, 0) is 4.74 Å². The van der Waals surface area contributed by atoms with Crippen molar-refractivity contribution in [3.05, 3.63) is 22.7 Å². The number of likely N-dealkylation sites (tertiary alicyclic amines) is 1. The lowest BCUT2D eigenvalue weighted by Crippen LogP contribution is -2.41. The summed E-state index contributed by atoms with van der Waals surface area (Å²) in [5.41, 5.74) is 5.99. The topological polar surface area (TPSA) is 74.0 Å². The second-order valence-corrected chi connectivity index (χ2v) is 6.10. The Balaban J connectivity index is 0.00000208. The van der Waals surface area contributed by atoms with Crippen LogP contribution < -0.4 is 15.2 Å². The van der Waals surface area contributed by atoms with Gasteiger partial charge in [-0.15, -0.1) is 12.4 Å². The highest BCUT2D eigenvalue weighted by Crippen LogP contribution is 2.40. The van der Waals surface area contributed by atoms with Crippen LogP contribution in [0.4, 0.5) is 0 Å². The number of halogens is 2. The SMILES string of the molecule is Cl.NCCCOC1CCN(C(=O)c2cc(Cl)c3c(c2)OCO3)CC1. The third kappa shape index (κ3) is 4.25. The molecule has 24 heavy (non-hydrogen) atoms. The van der Waals surface area contributed by atoms with Gasteiger partial charge >= 0.3 is 0 Å². The maximum atomic E-state index is 12.6. The predicted molar refractivity (Wildman–Crippen MR) is 93.4 cm³/mol. The van der Waals surface area contributed by atoms with Gasteiger partial charge in [0.2, 0.25) is 6.79 Å². The van der Waals surface area contributed by atoms with Crippen LogP contribution in [0.1, 0.15) is 29.6 Å². The molecule has 1 amide bonds. The third-order valence-electron chi connectivity index (χ3n) is 4.11. The molecule has 8 heteroatoms. The first-order valence-corrected chi connectivity index (χ1v) is 8.27. The molecule has 3 rings (SSSR count). The molecule has 2 aliphatic rings. The van der Waals surface area contributed by atoms with Gasteiger partial charge in [-0.3, -0.25) is 4.79 Å². The number of amides is 1. The van der Waals surface area contributed by atoms with Gasteiger partial charge in [0.15, 0.2) is 11.5 Å². The van der Waals surface area contributed by atoms with Crippen molar-refractivity contribution in [1.29, 1.82) is 0 Å². The zero-order valence-corrected chi connectivity index (χ0v) is 14.9. The zero-order valence-electron chi connectivity index (χ0n) is 13.3. The molecule has 0 atom stereocenters. The average molecular weight is 377 g/mol. The fourth-order valence-corrected chi connectivity index (χ4v) is 3.10. The number of piperidine rings is 1. The molecule has 1 fully saturated rings. The molecular formula is C16H22Cl2N2O4. The Morgan fingerprint density at radius 2 is 2.08 bits per heavy atom. The number of nitrogens with zero attached hydrogens (tertiary/aromatic N) is 1. The number of hydrogen-bond donors (Lipinski definition) is 1. The molecule has 1 saturated heterocycles. The normalized spacial score (nSPS) is 16.8. The van der Waals surface area contributed by atoms with Crippen LogP contribution in [-0.4, -0.2) is 49.9 Å². The third-order valence-corrected chi connectivity index (χ3v) is 4.39. The second-order valence-electron chi connectivity index (χ2n) is 5.70. The molecule has 2 aliphatic heterocycles. The molecule has 1 aromatic carbocycles. The Labute approximate surface area is 152 Å². The summed E-state index contributed by atoms with van der Waals surface area (Å²) in [6.45, 7) is 2.82. The quantitative estimate of drug-likeness (QED) is 0.798. The lowest BCUT2D eigenvalue weighted by molar-refractivity contribution is 0.00844. The predicted octanol–water partition coefficient (Wildman–Crippen LogP) is 2.46. The van der Waals surface area contributed by atoms with Gasteiger partial charge in [-0.25, -0.2) is 0 Å². The van der Waals surface area contributed by atoms with Crippen molar-refractivity contribution in [3.8, 4) is 11.5 Å². The van der Waals surface area contributed by atoms with Gasteiger partial charge in [-0.1, -0.05) is 11.6 Å². The molecule has 134 valence electrons. The highest BCUT2D eigenvalue weighted by Gasteiger charge is 2.26. The van der Waals surface area contributed by atoms with Crippen molar-refractivity contribution in [2.24, 2.45) is 5.73 Å². The van der Waals surface area contributed by atoms with Crippen molar-refractivity contribution < 1.29 is 19.0 Å². The molecule has 0 bridgehead atoms. The molecule has 0 radical (unpaired) electrons. The largest absolute Gasteiger partial charge is 0.454 e. The van der Waals surface area contributed by atoms with Gasteiger partial charge in [0.05, 0.1) is 11.1 Å². The summed E-state index contributed by atoms with van der Waals surface area (Å²) in [7, 11) is 0. The first-order chi connectivity index (χ1) is 11.2. The number of nitrogens with two attached hydrogens (primary N) is 1. The summed E-state index contributed by atoms with van der Waals surface area (Å²) in [6, 6.07) is 3.33. The van der Waals surface area contributed by atoms with Gasteiger partial charge in [-0.05, 0) is 37.9 Å². The van der Waals surface area contributed by atoms with Crippen LogP contribution in [0.25, 0.3) is 0 Å². The number of carbonyl (C=O) groups is 1. The van der Waals surface area contributed by atoms with Gasteiger partial charge in [0.1, 0.15) is 0 Å². The molecule has 0 aliphatic carbocycles. The number of carbonyl (C=O) groups excluding carboxylic acids is 1. The van der Waals surface area contributed by atoms with E-state index in [0.29, 0.717) is 48.3 Å². The molecule has 0 unspecified atom stereocenters. The first kappa shape index (κ1) is 19.1. The molecule has 0 aromatic heterocycles. The standard InChI is InChI=1S/C16H21ClN2O4.ClH/c17-13-8-11(9-14-15(13)23-10-22-14)16(20)19-5-2-12(3-6-19)21-7-1-4-18;/h8-9,12H,1-7,10,18H2;1H. The van der Waals surface area contributed by atoms with E-state index in [0.717, 1.165) is 19.3 Å². The van der Waals surface area contributed by atoms with Crippen molar-refractivity contribution >= 4 is 29.9 Å². The average Bonchev–Trinajstić information content (AvgIpc) is 3.04. The summed E-state index contributed by atoms with van der Waals surface area (Å²) >= 11 is 6.15. The van der Waals surface area contributed by atoms with E-state index in [2.05, 4.69) is 0 Å². The van der Waals surface area contributed by atoms with E-state index in [-0.39, 0.29) is 31.2 Å². The molecule has 0 spiro atoms. The summed E-state index contributed by atoms with van der Waals surface area (Å²) in [5.74, 6) is 1.00. The Morgan fingerprint density at radius 1 is 1.33 bits per heavy atom. The van der Waals surface area contributed by atoms with Crippen LogP contribution in [0.2, 0.25) is 5.02 Å². The first-order valence-electron chi connectivity index (χ1n) is 7.89. The summed E-state index contributed by atoms with van der Waals surface area (Å²) in [4.78, 5) is 14.5. The van der Waals surface area contributed by atoms with Crippen molar-refractivity contribution in [2.75, 3.05) is 33.0 Å². The Morgan fingerprint density at radius 3 is 2.79 bits per heavy atom. The number of rotatable bonds is 5. The fourth-order valence-electron chi connectivity index (χ4n) is 2.83. The van der Waals surface area contributed by atoms with Crippen LogP contribution in [0.3, 0.4) is 0 Å². The van der Waals surface area contributed by atoms with Crippen LogP contribution in [0.15, 0.2) is 12.1 Å². The van der Waals surface area contributed by atoms with E-state index >= 15 is 0 Å². The smallest absolute Gasteiger partial charge is 0.254 e. The number of fused-ring (bicyclic) bond motifs is 1. The summed E-state index contributed by atoms with van der Waals surface area (Å²) < 4.78 is 16.3. The summed E-state index contributed by atoms with van der Waals surface area (Å²) in [5, 5.41) is 0.406. The number of hydrogen-bond acceptors (Lipinski definition) is 5. The highest BCUT2D eigenvalue weighted by molar-refractivity contribution is 6.32. The second kappa shape index (κ2) is 8.76. The number of benzene rings is 1. The van der Waals surface area contributed by atoms with E-state index in [1.165, 1.54) is 0 Å². The van der Waals surface area contributed by atoms with Gasteiger partial charge in [-0.2, -0.15) is 0 Å². The van der Waals surface area contributed by atoms with Crippen molar-refractivity contribution in [3.63, 3.8) is 0 Å². The zero-order chi connectivity index (χ0) is 16.2. The molecule has 2 N–H and O–H groups in total. The van der Waals surface area contributed by atoms with E-state index in [9.17, 15) is 4.79 Å². The molecule has 2 heterocycles. The van der Waals surface area contributed by atoms with Gasteiger partial charge in [0.25, 0.3) is 5.91 Å². The molecule has 0 saturated carbocycles. The van der Waals surface area contributed by atoms with Crippen LogP contribution >= 0.6 is 24.0 Å². The number of ether oxygens (including phenoxy) is 3. The minimum Gasteiger partial charge on any atom is -0.454 e. The van der Waals surface area contributed by atoms with Crippen LogP contribution in [0.5, 0.6) is 11.5 Å². The monoisotopic (exact) mass is 376 g/mol. The minimum atomic E-state index is -0.0365. The van der Waals surface area contributed by atoms with Crippen molar-refractivity contribution in [1.82, 2.24) is 4.90 Å². The van der Waals surface area contributed by atoms with Crippen LogP contribution in [0, 0.1) is 0 Å². The van der Waals surface area contributed by atoms with Gasteiger partial charge in [0, 0.05) is 25.3 Å². The maximum Gasteiger partial charge on any atom is 0.254 e. The van der Waals surface area contributed by atoms with Gasteiger partial charge < -0.3 is 24.8 Å². The lowest BCUT2D eigenvalue weighted by Gasteiger charge is -2.32. The van der Waals surface area contributed by atoms with E-state index in [1.54, 1.807) is 12.1 Å². The summed E-state index contributed by atoms with van der Waals surface area (Å²) in [6.07, 6.45) is 2.77. The Bertz CT molecular complexity index is 577. The Hall–Kier alpha value is -1.21. The molecular weight excluding hydrogens is 355 g/mol. The minimum absolute atomic E-state index is 0. The van der Waals surface area contributed by atoms with Crippen molar-refractivity contribution in [2.45, 2.75) is 25.4 Å². The molecule has 6 nitrogen and oxygen atoms in total. The molecule has 1 aromatic rings. The van der Waals surface area contributed by atoms with E-state index in [4.69, 9.17) is 31.5 Å². The lowest BCUT2D eigenvalue weighted by atomic mass is 10.1.